The third-order valence-corrected chi connectivity index (χ3v) is 8.15. The topological polar surface area (TPSA) is 63.8 Å². The fraction of sp³-hybridized carbons (Fsp3) is 0.393. The van der Waals surface area contributed by atoms with E-state index in [1.165, 1.54) is 29.7 Å². The molecule has 1 aromatic carbocycles. The fourth-order valence-electron chi connectivity index (χ4n) is 5.18. The Morgan fingerprint density at radius 1 is 1.35 bits per heavy atom. The van der Waals surface area contributed by atoms with Crippen LogP contribution in [0.25, 0.3) is 16.0 Å². The van der Waals surface area contributed by atoms with E-state index in [1.807, 2.05) is 0 Å². The monoisotopic (exact) mass is 573 g/mol. The quantitative estimate of drug-likeness (QED) is 0.222. The number of ether oxygens (including phenoxy) is 1. The first-order chi connectivity index (χ1) is 19.2. The number of hydrogen-bond acceptors (Lipinski definition) is 5. The molecule has 0 aliphatic carbocycles. The number of fused-ring (bicyclic) bond motifs is 1. The number of amides is 1. The van der Waals surface area contributed by atoms with Gasteiger partial charge in [-0.05, 0) is 36.6 Å². The summed E-state index contributed by atoms with van der Waals surface area (Å²) in [6, 6.07) is 6.09. The zero-order chi connectivity index (χ0) is 28.4. The lowest BCUT2D eigenvalue weighted by molar-refractivity contribution is -0.141. The SMILES string of the molecule is [C-]#[N+]c1cc2c(s1)CN(C(=O)/C=C/CN[C@H]1CCOC1)C[C@H]2c1cccc(F)c1-c1cn(CC)nc1C(F)(F)F. The zero-order valence-corrected chi connectivity index (χ0v) is 22.5. The van der Waals surface area contributed by atoms with Gasteiger partial charge in [0, 0.05) is 66.5 Å². The number of aromatic nitrogens is 2. The Hall–Kier alpha value is -3.53. The van der Waals surface area contributed by atoms with Gasteiger partial charge < -0.3 is 15.0 Å². The van der Waals surface area contributed by atoms with Gasteiger partial charge in [0.25, 0.3) is 0 Å². The second kappa shape index (κ2) is 11.5. The minimum atomic E-state index is -4.79. The van der Waals surface area contributed by atoms with Gasteiger partial charge in [0.1, 0.15) is 5.82 Å². The molecule has 7 nitrogen and oxygen atoms in total. The third-order valence-electron chi connectivity index (χ3n) is 7.12. The van der Waals surface area contributed by atoms with E-state index < -0.39 is 23.6 Å². The highest BCUT2D eigenvalue weighted by molar-refractivity contribution is 7.16. The van der Waals surface area contributed by atoms with Crippen LogP contribution >= 0.6 is 11.3 Å². The molecule has 40 heavy (non-hydrogen) atoms. The fourth-order valence-corrected chi connectivity index (χ4v) is 6.20. The van der Waals surface area contributed by atoms with Crippen molar-refractivity contribution in [2.24, 2.45) is 0 Å². The molecule has 5 rings (SSSR count). The van der Waals surface area contributed by atoms with Gasteiger partial charge in [0.05, 0.1) is 19.7 Å². The van der Waals surface area contributed by atoms with Crippen LogP contribution < -0.4 is 5.32 Å². The Morgan fingerprint density at radius 3 is 2.88 bits per heavy atom. The van der Waals surface area contributed by atoms with Crippen molar-refractivity contribution in [3.63, 3.8) is 0 Å². The van der Waals surface area contributed by atoms with Gasteiger partial charge in [-0.15, -0.1) is 0 Å². The highest BCUT2D eigenvalue weighted by Crippen LogP contribution is 2.46. The van der Waals surface area contributed by atoms with Crippen LogP contribution in [0.15, 0.2) is 42.6 Å². The number of aryl methyl sites for hydroxylation is 1. The van der Waals surface area contributed by atoms with Gasteiger partial charge >= 0.3 is 6.18 Å². The predicted molar refractivity (Wildman–Crippen MR) is 143 cm³/mol. The number of carbonyl (C=O) groups is 1. The van der Waals surface area contributed by atoms with E-state index in [9.17, 15) is 18.0 Å². The number of rotatable bonds is 7. The number of carbonyl (C=O) groups excluding carboxylic acids is 1. The van der Waals surface area contributed by atoms with Crippen molar-refractivity contribution in [3.8, 4) is 11.1 Å². The predicted octanol–water partition coefficient (Wildman–Crippen LogP) is 5.75. The summed E-state index contributed by atoms with van der Waals surface area (Å²) in [4.78, 5) is 19.1. The molecule has 0 saturated carbocycles. The summed E-state index contributed by atoms with van der Waals surface area (Å²) in [5.74, 6) is -1.73. The Balaban J connectivity index is 1.51. The number of benzene rings is 1. The first kappa shape index (κ1) is 28.0. The molecule has 2 atom stereocenters. The van der Waals surface area contributed by atoms with E-state index in [2.05, 4.69) is 15.3 Å². The van der Waals surface area contributed by atoms with Crippen LogP contribution in [0.3, 0.4) is 0 Å². The summed E-state index contributed by atoms with van der Waals surface area (Å²) in [5.41, 5.74) is -0.694. The van der Waals surface area contributed by atoms with Crippen LogP contribution in [-0.4, -0.2) is 52.9 Å². The molecule has 210 valence electrons. The molecule has 1 fully saturated rings. The van der Waals surface area contributed by atoms with Crippen molar-refractivity contribution in [1.82, 2.24) is 20.0 Å². The van der Waals surface area contributed by atoms with E-state index in [0.29, 0.717) is 30.3 Å². The molecule has 0 unspecified atom stereocenters. The van der Waals surface area contributed by atoms with Crippen LogP contribution in [0.4, 0.5) is 22.6 Å². The molecule has 2 aliphatic heterocycles. The molecule has 2 aliphatic rings. The summed E-state index contributed by atoms with van der Waals surface area (Å²) < 4.78 is 63.9. The molecule has 0 spiro atoms. The zero-order valence-electron chi connectivity index (χ0n) is 21.7. The van der Waals surface area contributed by atoms with Gasteiger partial charge in [-0.2, -0.15) is 29.6 Å². The van der Waals surface area contributed by atoms with Gasteiger partial charge in [-0.3, -0.25) is 9.48 Å². The minimum Gasteiger partial charge on any atom is -0.380 e. The lowest BCUT2D eigenvalue weighted by Crippen LogP contribution is -2.37. The Bertz CT molecular complexity index is 1470. The van der Waals surface area contributed by atoms with Crippen molar-refractivity contribution in [2.75, 3.05) is 26.3 Å². The molecule has 0 bridgehead atoms. The standard InChI is InChI=1S/C28H27F4N5O2S/c1-3-37-14-21(27(35-37)28(30,31)32)26-18(6-4-7-22(26)29)20-13-36(15-23-19(20)12-24(33-2)40-23)25(38)8-5-10-34-17-9-11-39-16-17/h4-8,12,14,17,20,34H,3,9-11,13,15-16H2,1H3/b8-5+/t17-,20-/m0/s1. The molecule has 3 aromatic rings. The average Bonchev–Trinajstić information content (AvgIpc) is 3.69. The number of thiophene rings is 1. The largest absolute Gasteiger partial charge is 0.435 e. The number of nitrogens with zero attached hydrogens (tertiary/aromatic N) is 4. The van der Waals surface area contributed by atoms with E-state index in [-0.39, 0.29) is 42.7 Å². The molecular weight excluding hydrogens is 546 g/mol. The summed E-state index contributed by atoms with van der Waals surface area (Å²) in [6.07, 6.45) is 0.516. The second-order valence-corrected chi connectivity index (χ2v) is 10.8. The van der Waals surface area contributed by atoms with Crippen molar-refractivity contribution in [1.29, 1.82) is 0 Å². The molecule has 1 amide bonds. The maximum absolute atomic E-state index is 15.5. The van der Waals surface area contributed by atoms with E-state index in [4.69, 9.17) is 11.3 Å². The number of hydrogen-bond donors (Lipinski definition) is 1. The van der Waals surface area contributed by atoms with Gasteiger partial charge in [-0.25, -0.2) is 9.24 Å². The molecule has 12 heteroatoms. The first-order valence-corrected chi connectivity index (χ1v) is 13.7. The van der Waals surface area contributed by atoms with Crippen LogP contribution in [0.1, 0.15) is 41.0 Å². The summed E-state index contributed by atoms with van der Waals surface area (Å²) in [5, 5.41) is 7.38. The van der Waals surface area contributed by atoms with Gasteiger partial charge in [-0.1, -0.05) is 18.2 Å². The van der Waals surface area contributed by atoms with Crippen LogP contribution in [0.5, 0.6) is 0 Å². The molecule has 0 radical (unpaired) electrons. The first-order valence-electron chi connectivity index (χ1n) is 12.9. The average molecular weight is 574 g/mol. The van der Waals surface area contributed by atoms with Crippen molar-refractivity contribution >= 4 is 22.2 Å². The number of halogens is 4. The lowest BCUT2D eigenvalue weighted by atomic mass is 9.83. The molecule has 1 saturated heterocycles. The molecule has 4 heterocycles. The summed E-state index contributed by atoms with van der Waals surface area (Å²) in [6.45, 7) is 11.5. The maximum Gasteiger partial charge on any atom is 0.435 e. The number of alkyl halides is 3. The number of nitrogens with one attached hydrogen (secondary N) is 1. The van der Waals surface area contributed by atoms with Crippen LogP contribution in [-0.2, 0) is 28.8 Å². The van der Waals surface area contributed by atoms with Crippen LogP contribution in [0.2, 0.25) is 0 Å². The Kier molecular flexibility index (Phi) is 8.07. The highest BCUT2D eigenvalue weighted by atomic mass is 32.1. The summed E-state index contributed by atoms with van der Waals surface area (Å²) in [7, 11) is 0. The normalized spacial score (nSPS) is 19.2. The second-order valence-electron chi connectivity index (χ2n) is 9.67. The van der Waals surface area contributed by atoms with E-state index in [1.54, 1.807) is 30.0 Å². The van der Waals surface area contributed by atoms with Crippen molar-refractivity contribution in [3.05, 3.63) is 81.5 Å². The molecule has 2 aromatic heterocycles. The van der Waals surface area contributed by atoms with Gasteiger partial charge in [0.15, 0.2) is 5.69 Å². The van der Waals surface area contributed by atoms with Crippen LogP contribution in [0, 0.1) is 12.4 Å². The Labute approximate surface area is 232 Å². The molecular formula is C28H27F4N5O2S. The summed E-state index contributed by atoms with van der Waals surface area (Å²) >= 11 is 1.23. The van der Waals surface area contributed by atoms with E-state index in [0.717, 1.165) is 27.6 Å². The maximum atomic E-state index is 15.5. The third kappa shape index (κ3) is 5.68. The lowest BCUT2D eigenvalue weighted by Gasteiger charge is -2.34. The highest BCUT2D eigenvalue weighted by Gasteiger charge is 2.40. The van der Waals surface area contributed by atoms with Crippen molar-refractivity contribution < 1.29 is 27.1 Å². The smallest absolute Gasteiger partial charge is 0.380 e. The minimum absolute atomic E-state index is 0.119. The van der Waals surface area contributed by atoms with Crippen molar-refractivity contribution in [2.45, 2.75) is 44.6 Å². The molecule has 1 N–H and O–H groups in total. The Morgan fingerprint density at radius 2 is 2.17 bits per heavy atom. The van der Waals surface area contributed by atoms with Gasteiger partial charge in [0.2, 0.25) is 10.9 Å². The van der Waals surface area contributed by atoms with E-state index >= 15 is 4.39 Å².